The van der Waals surface area contributed by atoms with E-state index in [1.54, 1.807) is 38.2 Å². The number of pyridine rings is 1. The van der Waals surface area contributed by atoms with Gasteiger partial charge in [-0.25, -0.2) is 13.6 Å². The smallest absolute Gasteiger partial charge is 0.322 e. The number of carbonyl (C=O) groups is 1. The second-order valence-corrected chi connectivity index (χ2v) is 6.55. The normalized spacial score (nSPS) is 12.0. The van der Waals surface area contributed by atoms with E-state index in [0.29, 0.717) is 16.3 Å². The fourth-order valence-corrected chi connectivity index (χ4v) is 2.97. The predicted octanol–water partition coefficient (Wildman–Crippen LogP) is 4.68. The molecule has 8 heteroatoms. The number of rotatable bonds is 3. The Hall–Kier alpha value is -2.93. The number of hydrogen-bond acceptors (Lipinski definition) is 2. The maximum atomic E-state index is 13.7. The number of amides is 2. The molecule has 0 unspecified atom stereocenters. The van der Waals surface area contributed by atoms with Crippen LogP contribution in [0.3, 0.4) is 0 Å². The van der Waals surface area contributed by atoms with Crippen molar-refractivity contribution >= 4 is 34.1 Å². The molecule has 0 bridgehead atoms. The van der Waals surface area contributed by atoms with Crippen LogP contribution in [-0.2, 0) is 0 Å². The zero-order valence-electron chi connectivity index (χ0n) is 14.5. The molecule has 0 saturated heterocycles. The summed E-state index contributed by atoms with van der Waals surface area (Å²) in [5.74, 6) is -2.17. The molecule has 3 aromatic rings. The Morgan fingerprint density at radius 2 is 1.85 bits per heavy atom. The molecule has 2 aromatic carbocycles. The average Bonchev–Trinajstić information content (AvgIpc) is 2.62. The lowest BCUT2D eigenvalue weighted by molar-refractivity contribution is 0.208. The SMILES string of the molecule is C[C@@H](c1c[nH]c(=O)c2cc(F)c(F)cc12)N(C)C(=O)Nc1cccc(Cl)c1. The van der Waals surface area contributed by atoms with Gasteiger partial charge in [-0.1, -0.05) is 17.7 Å². The van der Waals surface area contributed by atoms with Crippen LogP contribution < -0.4 is 10.9 Å². The minimum Gasteiger partial charge on any atom is -0.328 e. The lowest BCUT2D eigenvalue weighted by Gasteiger charge is -2.26. The number of aromatic amines is 1. The third-order valence-electron chi connectivity index (χ3n) is 4.40. The molecule has 1 atom stereocenters. The van der Waals surface area contributed by atoms with E-state index in [2.05, 4.69) is 10.3 Å². The van der Waals surface area contributed by atoms with E-state index in [1.165, 1.54) is 11.1 Å². The van der Waals surface area contributed by atoms with Crippen molar-refractivity contribution in [3.63, 3.8) is 0 Å². The highest BCUT2D eigenvalue weighted by Gasteiger charge is 2.21. The van der Waals surface area contributed by atoms with Crippen molar-refractivity contribution in [3.8, 4) is 0 Å². The van der Waals surface area contributed by atoms with Gasteiger partial charge in [-0.2, -0.15) is 0 Å². The number of hydrogen-bond donors (Lipinski definition) is 2. The van der Waals surface area contributed by atoms with Crippen molar-refractivity contribution in [2.75, 3.05) is 12.4 Å². The molecular weight excluding hydrogens is 376 g/mol. The number of benzene rings is 2. The van der Waals surface area contributed by atoms with Crippen LogP contribution in [0.15, 0.2) is 47.4 Å². The molecule has 3 rings (SSSR count). The summed E-state index contributed by atoms with van der Waals surface area (Å²) in [6.45, 7) is 1.71. The minimum absolute atomic E-state index is 0.0156. The molecule has 1 aromatic heterocycles. The Bertz CT molecular complexity index is 1080. The van der Waals surface area contributed by atoms with Gasteiger partial charge in [0.15, 0.2) is 11.6 Å². The quantitative estimate of drug-likeness (QED) is 0.680. The van der Waals surface area contributed by atoms with Gasteiger partial charge < -0.3 is 15.2 Å². The zero-order valence-corrected chi connectivity index (χ0v) is 15.3. The standard InChI is InChI=1S/C19H16ClF2N3O2/c1-10(25(2)19(27)24-12-5-3-4-11(20)6-12)15-9-23-18(26)14-8-17(22)16(21)7-13(14)15/h3-10H,1-2H3,(H,23,26)(H,24,27)/t10-/m0/s1. The Kier molecular flexibility index (Phi) is 5.14. The number of anilines is 1. The summed E-state index contributed by atoms with van der Waals surface area (Å²) in [6.07, 6.45) is 1.40. The predicted molar refractivity (Wildman–Crippen MR) is 101 cm³/mol. The number of nitrogens with zero attached hydrogens (tertiary/aromatic N) is 1. The van der Waals surface area contributed by atoms with Crippen molar-refractivity contribution in [2.45, 2.75) is 13.0 Å². The van der Waals surface area contributed by atoms with Crippen molar-refractivity contribution in [1.29, 1.82) is 0 Å². The van der Waals surface area contributed by atoms with Crippen LogP contribution >= 0.6 is 11.6 Å². The third kappa shape index (κ3) is 3.78. The fourth-order valence-electron chi connectivity index (χ4n) is 2.78. The molecule has 1 heterocycles. The Balaban J connectivity index is 1.94. The average molecular weight is 392 g/mol. The number of fused-ring (bicyclic) bond motifs is 1. The molecule has 2 amide bonds. The van der Waals surface area contributed by atoms with E-state index in [-0.39, 0.29) is 10.8 Å². The first-order chi connectivity index (χ1) is 12.8. The molecule has 0 saturated carbocycles. The van der Waals surface area contributed by atoms with Crippen LogP contribution in [-0.4, -0.2) is 23.0 Å². The summed E-state index contributed by atoms with van der Waals surface area (Å²) in [4.78, 5) is 28.4. The molecule has 0 fully saturated rings. The van der Waals surface area contributed by atoms with Gasteiger partial charge in [0.05, 0.1) is 11.4 Å². The number of H-pyrrole nitrogens is 1. The van der Waals surface area contributed by atoms with Gasteiger partial charge in [0.2, 0.25) is 0 Å². The maximum Gasteiger partial charge on any atom is 0.322 e. The lowest BCUT2D eigenvalue weighted by atomic mass is 10.0. The molecule has 0 spiro atoms. The number of aromatic nitrogens is 1. The first-order valence-electron chi connectivity index (χ1n) is 8.07. The van der Waals surface area contributed by atoms with Gasteiger partial charge >= 0.3 is 6.03 Å². The number of halogens is 3. The molecule has 0 aliphatic heterocycles. The van der Waals surface area contributed by atoms with Gasteiger partial charge in [-0.3, -0.25) is 4.79 Å². The summed E-state index contributed by atoms with van der Waals surface area (Å²) in [5, 5.41) is 3.45. The van der Waals surface area contributed by atoms with Crippen molar-refractivity contribution < 1.29 is 13.6 Å². The molecule has 0 aliphatic carbocycles. The van der Waals surface area contributed by atoms with Gasteiger partial charge in [0.1, 0.15) is 0 Å². The van der Waals surface area contributed by atoms with Crippen LogP contribution in [0.25, 0.3) is 10.8 Å². The fraction of sp³-hybridized carbons (Fsp3) is 0.158. The number of urea groups is 1. The highest BCUT2D eigenvalue weighted by atomic mass is 35.5. The number of carbonyl (C=O) groups excluding carboxylic acids is 1. The molecule has 5 nitrogen and oxygen atoms in total. The van der Waals surface area contributed by atoms with E-state index < -0.39 is 29.3 Å². The van der Waals surface area contributed by atoms with E-state index in [1.807, 2.05) is 0 Å². The molecule has 140 valence electrons. The minimum atomic E-state index is -1.11. The topological polar surface area (TPSA) is 65.2 Å². The van der Waals surface area contributed by atoms with Crippen molar-refractivity contribution in [1.82, 2.24) is 9.88 Å². The summed E-state index contributed by atoms with van der Waals surface area (Å²) in [5.41, 5.74) is 0.462. The molecule has 2 N–H and O–H groups in total. The van der Waals surface area contributed by atoms with Crippen LogP contribution in [0, 0.1) is 11.6 Å². The van der Waals surface area contributed by atoms with Gasteiger partial charge in [-0.15, -0.1) is 0 Å². The van der Waals surface area contributed by atoms with Crippen LogP contribution in [0.1, 0.15) is 18.5 Å². The van der Waals surface area contributed by atoms with Crippen LogP contribution in [0.2, 0.25) is 5.02 Å². The summed E-state index contributed by atoms with van der Waals surface area (Å²) in [7, 11) is 1.56. The number of nitrogens with one attached hydrogen (secondary N) is 2. The molecular formula is C19H16ClF2N3O2. The Morgan fingerprint density at radius 1 is 1.19 bits per heavy atom. The van der Waals surface area contributed by atoms with Gasteiger partial charge in [-0.05, 0) is 48.2 Å². The maximum absolute atomic E-state index is 13.7. The van der Waals surface area contributed by atoms with Crippen LogP contribution in [0.5, 0.6) is 0 Å². The second-order valence-electron chi connectivity index (χ2n) is 6.11. The largest absolute Gasteiger partial charge is 0.328 e. The van der Waals surface area contributed by atoms with E-state index in [4.69, 9.17) is 11.6 Å². The lowest BCUT2D eigenvalue weighted by Crippen LogP contribution is -2.34. The first-order valence-corrected chi connectivity index (χ1v) is 8.45. The van der Waals surface area contributed by atoms with Crippen molar-refractivity contribution in [3.05, 3.63) is 75.2 Å². The van der Waals surface area contributed by atoms with E-state index >= 15 is 0 Å². The first kappa shape index (κ1) is 18.8. The Morgan fingerprint density at radius 3 is 2.52 bits per heavy atom. The molecule has 27 heavy (non-hydrogen) atoms. The monoisotopic (exact) mass is 391 g/mol. The molecule has 0 aliphatic rings. The van der Waals surface area contributed by atoms with Crippen LogP contribution in [0.4, 0.5) is 19.3 Å². The third-order valence-corrected chi connectivity index (χ3v) is 4.64. The van der Waals surface area contributed by atoms with E-state index in [0.717, 1.165) is 12.1 Å². The zero-order chi connectivity index (χ0) is 19.7. The van der Waals surface area contributed by atoms with E-state index in [9.17, 15) is 18.4 Å². The second kappa shape index (κ2) is 7.36. The summed E-state index contributed by atoms with van der Waals surface area (Å²) < 4.78 is 27.2. The van der Waals surface area contributed by atoms with Crippen molar-refractivity contribution in [2.24, 2.45) is 0 Å². The highest BCUT2D eigenvalue weighted by molar-refractivity contribution is 6.30. The van der Waals surface area contributed by atoms with Gasteiger partial charge in [0, 0.05) is 24.0 Å². The molecule has 0 radical (unpaired) electrons. The highest BCUT2D eigenvalue weighted by Crippen LogP contribution is 2.27. The van der Waals surface area contributed by atoms with Gasteiger partial charge in [0.25, 0.3) is 5.56 Å². The summed E-state index contributed by atoms with van der Waals surface area (Å²) >= 11 is 5.91. The Labute approximate surface area is 158 Å². The summed E-state index contributed by atoms with van der Waals surface area (Å²) in [6, 6.07) is 7.54.